The molecule has 3 atom stereocenters. The molecule has 0 aliphatic rings. The Morgan fingerprint density at radius 1 is 0.385 bits per heavy atom. The number of carbonyl (C=O) groups excluding carboxylic acids is 8. The molecule has 0 rings (SSSR count). The molecular formula is C45H82N8O12. The molecule has 8 N–H and O–H groups in total. The zero-order valence-corrected chi connectivity index (χ0v) is 41.4. The van der Waals surface area contributed by atoms with Crippen molar-refractivity contribution < 1.29 is 57.3 Å². The average Bonchev–Trinajstić information content (AvgIpc) is 3.12. The van der Waals surface area contributed by atoms with Gasteiger partial charge in [0.1, 0.15) is 40.5 Å². The molecule has 3 unspecified atom stereocenters. The first kappa shape index (κ1) is 59.7. The molecule has 0 fully saturated rings. The smallest absolute Gasteiger partial charge is 0.408 e. The number of alkyl carbamates (subject to hydrolysis) is 4. The Morgan fingerprint density at radius 2 is 0.677 bits per heavy atom. The Labute approximate surface area is 386 Å². The van der Waals surface area contributed by atoms with Crippen LogP contribution in [0.1, 0.15) is 154 Å². The topological polar surface area (TPSA) is 270 Å². The second-order valence-electron chi connectivity index (χ2n) is 19.8. The van der Waals surface area contributed by atoms with Crippen LogP contribution >= 0.6 is 0 Å². The van der Waals surface area contributed by atoms with Crippen LogP contribution < -0.4 is 42.5 Å². The van der Waals surface area contributed by atoms with Gasteiger partial charge in [-0.15, -0.1) is 0 Å². The third-order valence-electron chi connectivity index (χ3n) is 8.37. The van der Waals surface area contributed by atoms with Gasteiger partial charge in [-0.25, -0.2) is 19.2 Å². The summed E-state index contributed by atoms with van der Waals surface area (Å²) in [5, 5.41) is 21.7. The summed E-state index contributed by atoms with van der Waals surface area (Å²) >= 11 is 0. The number of unbranched alkanes of at least 4 members (excludes halogenated alkanes) is 3. The molecule has 20 heteroatoms. The number of ether oxygens (including phenoxy) is 4. The molecule has 0 aliphatic heterocycles. The summed E-state index contributed by atoms with van der Waals surface area (Å²) in [4.78, 5) is 102. The van der Waals surface area contributed by atoms with Gasteiger partial charge in [0.25, 0.3) is 0 Å². The molecule has 0 heterocycles. The van der Waals surface area contributed by atoms with Crippen LogP contribution in [0, 0.1) is 0 Å². The van der Waals surface area contributed by atoms with Crippen molar-refractivity contribution in [1.29, 1.82) is 0 Å². The maximum atomic E-state index is 13.8. The van der Waals surface area contributed by atoms with E-state index in [0.717, 1.165) is 0 Å². The average molecular weight is 927 g/mol. The largest absolute Gasteiger partial charge is 0.444 e. The van der Waals surface area contributed by atoms with Gasteiger partial charge < -0.3 is 61.5 Å². The summed E-state index contributed by atoms with van der Waals surface area (Å²) in [5.74, 6) is -1.88. The number of rotatable bonds is 26. The van der Waals surface area contributed by atoms with Gasteiger partial charge in [-0.2, -0.15) is 0 Å². The molecule has 8 amide bonds. The Balaban J connectivity index is 5.81. The highest BCUT2D eigenvalue weighted by molar-refractivity contribution is 5.92. The summed E-state index contributed by atoms with van der Waals surface area (Å²) in [6.07, 6.45) is 0.857. The molecule has 0 bridgehead atoms. The van der Waals surface area contributed by atoms with Gasteiger partial charge >= 0.3 is 24.4 Å². The minimum atomic E-state index is -1.10. The van der Waals surface area contributed by atoms with Crippen LogP contribution in [0.4, 0.5) is 19.2 Å². The lowest BCUT2D eigenvalue weighted by atomic mass is 10.1. The fourth-order valence-corrected chi connectivity index (χ4v) is 5.52. The highest BCUT2D eigenvalue weighted by Gasteiger charge is 2.29. The Hall–Kier alpha value is -5.30. The maximum absolute atomic E-state index is 13.8. The SMILES string of the molecule is C=C(C)C(=O)NCCCNC(=O)C(CCCCNC(=O)C(CCCCNC(=O)OC(C)(C)C)NC(=O)OC(C)(C)C)NC(=O)C(CCCCNC(=O)OC(C)(C)C)NC(=O)OC(C)(C)C. The predicted octanol–water partition coefficient (Wildman–Crippen LogP) is 5.13. The van der Waals surface area contributed by atoms with E-state index in [2.05, 4.69) is 49.1 Å². The fraction of sp³-hybridized carbons (Fsp3) is 0.778. The Kier molecular flexibility index (Phi) is 26.9. The molecule has 0 aliphatic carbocycles. The molecule has 0 aromatic carbocycles. The first-order chi connectivity index (χ1) is 29.9. The lowest BCUT2D eigenvalue weighted by molar-refractivity contribution is -0.130. The molecule has 0 spiro atoms. The molecule has 0 saturated heterocycles. The highest BCUT2D eigenvalue weighted by Crippen LogP contribution is 2.12. The van der Waals surface area contributed by atoms with Crippen molar-refractivity contribution in [3.8, 4) is 0 Å². The van der Waals surface area contributed by atoms with E-state index in [9.17, 15) is 38.4 Å². The van der Waals surface area contributed by atoms with Crippen LogP contribution in [0.5, 0.6) is 0 Å². The quantitative estimate of drug-likeness (QED) is 0.0319. The minimum absolute atomic E-state index is 0.155. The summed E-state index contributed by atoms with van der Waals surface area (Å²) in [6.45, 7) is 27.1. The van der Waals surface area contributed by atoms with Crippen molar-refractivity contribution in [1.82, 2.24) is 42.5 Å². The zero-order chi connectivity index (χ0) is 50.0. The molecule has 65 heavy (non-hydrogen) atoms. The number of hydrogen-bond donors (Lipinski definition) is 8. The van der Waals surface area contributed by atoms with Gasteiger partial charge in [0.15, 0.2) is 0 Å². The van der Waals surface area contributed by atoms with Crippen LogP contribution in [0.3, 0.4) is 0 Å². The van der Waals surface area contributed by atoms with Gasteiger partial charge in [-0.3, -0.25) is 19.2 Å². The van der Waals surface area contributed by atoms with Crippen molar-refractivity contribution in [2.24, 2.45) is 0 Å². The van der Waals surface area contributed by atoms with E-state index in [1.54, 1.807) is 90.0 Å². The fourth-order valence-electron chi connectivity index (χ4n) is 5.52. The number of carbonyl (C=O) groups is 8. The van der Waals surface area contributed by atoms with Gasteiger partial charge in [0.2, 0.25) is 23.6 Å². The highest BCUT2D eigenvalue weighted by atomic mass is 16.6. The minimum Gasteiger partial charge on any atom is -0.444 e. The molecule has 20 nitrogen and oxygen atoms in total. The molecule has 0 aromatic heterocycles. The van der Waals surface area contributed by atoms with Gasteiger partial charge in [-0.05, 0) is 154 Å². The zero-order valence-electron chi connectivity index (χ0n) is 41.4. The van der Waals surface area contributed by atoms with E-state index in [0.29, 0.717) is 57.1 Å². The summed E-state index contributed by atoms with van der Waals surface area (Å²) in [6, 6.07) is -3.08. The second-order valence-corrected chi connectivity index (χ2v) is 19.8. The monoisotopic (exact) mass is 927 g/mol. The van der Waals surface area contributed by atoms with Crippen LogP contribution in [0.15, 0.2) is 12.2 Å². The van der Waals surface area contributed by atoms with E-state index in [1.165, 1.54) is 0 Å². The second kappa shape index (κ2) is 29.3. The van der Waals surface area contributed by atoms with E-state index >= 15 is 0 Å². The van der Waals surface area contributed by atoms with Crippen molar-refractivity contribution in [2.75, 3.05) is 32.7 Å². The van der Waals surface area contributed by atoms with E-state index in [4.69, 9.17) is 18.9 Å². The standard InChI is InChI=1S/C45H82N8O12/c1-30(2)34(54)46-28-21-29-48-35(55)31(51-37(57)33(53-41(61)65-45(12,13)14)24-17-20-27-50-39(59)63-43(6,7)8)22-15-18-25-47-36(56)32(52-40(60)64-44(9,10)11)23-16-19-26-49-38(58)62-42(3,4)5/h31-33H,1,15-29H2,2-14H3,(H,46,54)(H,47,56)(H,48,55)(H,49,58)(H,50,59)(H,51,57)(H,52,60)(H,53,61). The lowest BCUT2D eigenvalue weighted by Gasteiger charge is -2.25. The Morgan fingerprint density at radius 3 is 1.03 bits per heavy atom. The summed E-state index contributed by atoms with van der Waals surface area (Å²) in [7, 11) is 0. The third kappa shape index (κ3) is 33.8. The van der Waals surface area contributed by atoms with Crippen molar-refractivity contribution in [3.63, 3.8) is 0 Å². The number of amides is 8. The van der Waals surface area contributed by atoms with E-state index < -0.39 is 82.6 Å². The van der Waals surface area contributed by atoms with E-state index in [-0.39, 0.29) is 51.3 Å². The van der Waals surface area contributed by atoms with Crippen LogP contribution in [0.25, 0.3) is 0 Å². The first-order valence-electron chi connectivity index (χ1n) is 22.6. The molecule has 0 aromatic rings. The Bertz CT molecular complexity index is 1560. The van der Waals surface area contributed by atoms with Crippen LogP contribution in [0.2, 0.25) is 0 Å². The van der Waals surface area contributed by atoms with Crippen molar-refractivity contribution in [3.05, 3.63) is 12.2 Å². The van der Waals surface area contributed by atoms with Gasteiger partial charge in [-0.1, -0.05) is 6.58 Å². The van der Waals surface area contributed by atoms with E-state index in [1.807, 2.05) is 0 Å². The third-order valence-corrected chi connectivity index (χ3v) is 8.37. The number of hydrogen-bond acceptors (Lipinski definition) is 12. The van der Waals surface area contributed by atoms with Crippen molar-refractivity contribution in [2.45, 2.75) is 195 Å². The normalized spacial score (nSPS) is 13.1. The van der Waals surface area contributed by atoms with Gasteiger partial charge in [0, 0.05) is 38.3 Å². The molecule has 0 radical (unpaired) electrons. The van der Waals surface area contributed by atoms with Crippen molar-refractivity contribution >= 4 is 48.0 Å². The predicted molar refractivity (Wildman–Crippen MR) is 247 cm³/mol. The summed E-state index contributed by atoms with van der Waals surface area (Å²) in [5.41, 5.74) is -2.62. The number of nitrogens with one attached hydrogen (secondary N) is 8. The van der Waals surface area contributed by atoms with Crippen LogP contribution in [-0.2, 0) is 38.1 Å². The molecular weight excluding hydrogens is 845 g/mol. The van der Waals surface area contributed by atoms with Gasteiger partial charge in [0.05, 0.1) is 0 Å². The molecule has 0 saturated carbocycles. The molecule has 374 valence electrons. The maximum Gasteiger partial charge on any atom is 0.408 e. The van der Waals surface area contributed by atoms with Crippen LogP contribution in [-0.4, -0.2) is 121 Å². The first-order valence-corrected chi connectivity index (χ1v) is 22.6. The summed E-state index contributed by atoms with van der Waals surface area (Å²) < 4.78 is 21.3. The lowest BCUT2D eigenvalue weighted by Crippen LogP contribution is -2.54.